The Bertz CT molecular complexity index is 548. The van der Waals surface area contributed by atoms with Crippen LogP contribution in [-0.2, 0) is 0 Å². The van der Waals surface area contributed by atoms with Crippen LogP contribution in [0, 0.1) is 0 Å². The summed E-state index contributed by atoms with van der Waals surface area (Å²) in [5.74, 6) is 0. The predicted molar refractivity (Wildman–Crippen MR) is 67.4 cm³/mol. The topological polar surface area (TPSA) is 42.7 Å². The monoisotopic (exact) mass is 268 g/mol. The highest BCUT2D eigenvalue weighted by Crippen LogP contribution is 2.29. The van der Waals surface area contributed by atoms with Crippen LogP contribution in [0.2, 0.25) is 10.0 Å². The quantitative estimate of drug-likeness (QED) is 0.910. The third-order valence-electron chi connectivity index (χ3n) is 2.85. The molecule has 0 radical (unpaired) electrons. The molecule has 0 bridgehead atoms. The summed E-state index contributed by atoms with van der Waals surface area (Å²) in [7, 11) is 0. The maximum absolute atomic E-state index is 6.12. The van der Waals surface area contributed by atoms with E-state index in [9.17, 15) is 0 Å². The van der Waals surface area contributed by atoms with E-state index in [0.29, 0.717) is 16.1 Å². The number of rotatable bonds is 2. The molecule has 3 rings (SSSR count). The lowest BCUT2D eigenvalue weighted by atomic mass is 10.1. The van der Waals surface area contributed by atoms with Gasteiger partial charge in [-0.05, 0) is 18.2 Å². The van der Waals surface area contributed by atoms with Crippen molar-refractivity contribution in [3.8, 4) is 11.3 Å². The van der Waals surface area contributed by atoms with Gasteiger partial charge in [0.15, 0.2) is 0 Å². The first-order valence-corrected chi connectivity index (χ1v) is 6.07. The molecular weight excluding hydrogens is 259 g/mol. The smallest absolute Gasteiger partial charge is 0.114 e. The Morgan fingerprint density at radius 2 is 2.12 bits per heavy atom. The van der Waals surface area contributed by atoms with E-state index in [-0.39, 0.29) is 0 Å². The average Bonchev–Trinajstić information content (AvgIpc) is 2.68. The zero-order valence-electron chi connectivity index (χ0n) is 8.90. The van der Waals surface area contributed by atoms with Crippen LogP contribution in [0.4, 0.5) is 0 Å². The fraction of sp³-hybridized carbons (Fsp3) is 0.273. The minimum absolute atomic E-state index is 0.397. The summed E-state index contributed by atoms with van der Waals surface area (Å²) in [6.45, 7) is 1.87. The molecule has 1 aliphatic rings. The van der Waals surface area contributed by atoms with Gasteiger partial charge in [0.05, 0.1) is 17.3 Å². The van der Waals surface area contributed by atoms with Crippen molar-refractivity contribution in [3.63, 3.8) is 0 Å². The van der Waals surface area contributed by atoms with Crippen molar-refractivity contribution >= 4 is 23.2 Å². The van der Waals surface area contributed by atoms with Gasteiger partial charge >= 0.3 is 0 Å². The Morgan fingerprint density at radius 3 is 2.82 bits per heavy atom. The van der Waals surface area contributed by atoms with Gasteiger partial charge < -0.3 is 5.32 Å². The van der Waals surface area contributed by atoms with Crippen molar-refractivity contribution in [1.82, 2.24) is 20.3 Å². The van der Waals surface area contributed by atoms with E-state index in [0.717, 1.165) is 24.3 Å². The third-order valence-corrected chi connectivity index (χ3v) is 3.41. The summed E-state index contributed by atoms with van der Waals surface area (Å²) in [6, 6.07) is 5.72. The van der Waals surface area contributed by atoms with Crippen molar-refractivity contribution in [3.05, 3.63) is 34.4 Å². The summed E-state index contributed by atoms with van der Waals surface area (Å²) in [4.78, 5) is 0. The van der Waals surface area contributed by atoms with E-state index in [1.165, 1.54) is 0 Å². The molecule has 0 amide bonds. The minimum Gasteiger partial charge on any atom is -0.312 e. The van der Waals surface area contributed by atoms with Gasteiger partial charge in [0, 0.05) is 23.7 Å². The van der Waals surface area contributed by atoms with Crippen LogP contribution in [-0.4, -0.2) is 28.1 Å². The van der Waals surface area contributed by atoms with E-state index in [1.807, 2.05) is 10.9 Å². The van der Waals surface area contributed by atoms with Gasteiger partial charge in [-0.25, -0.2) is 4.68 Å². The SMILES string of the molecule is Clc1ccc(Cl)c(-c2cn(C3CNC3)nn2)c1. The predicted octanol–water partition coefficient (Wildman–Crippen LogP) is 2.40. The highest BCUT2D eigenvalue weighted by atomic mass is 35.5. The van der Waals surface area contributed by atoms with Gasteiger partial charge in [0.25, 0.3) is 0 Å². The van der Waals surface area contributed by atoms with E-state index < -0.39 is 0 Å². The Balaban J connectivity index is 1.97. The normalized spacial score (nSPS) is 15.9. The number of benzene rings is 1. The molecule has 1 fully saturated rings. The zero-order chi connectivity index (χ0) is 11.8. The second kappa shape index (κ2) is 4.29. The van der Waals surface area contributed by atoms with Crippen LogP contribution in [0.25, 0.3) is 11.3 Å². The molecule has 1 N–H and O–H groups in total. The van der Waals surface area contributed by atoms with Gasteiger partial charge in [0.1, 0.15) is 5.69 Å². The average molecular weight is 269 g/mol. The minimum atomic E-state index is 0.397. The summed E-state index contributed by atoms with van der Waals surface area (Å²) in [5, 5.41) is 12.7. The van der Waals surface area contributed by atoms with E-state index in [4.69, 9.17) is 23.2 Å². The standard InChI is InChI=1S/C11H10Cl2N4/c12-7-1-2-10(13)9(3-7)11-6-17(16-15-11)8-4-14-5-8/h1-3,6,8,14H,4-5H2. The molecule has 2 heterocycles. The summed E-state index contributed by atoms with van der Waals surface area (Å²) in [6.07, 6.45) is 1.91. The van der Waals surface area contributed by atoms with Crippen LogP contribution in [0.15, 0.2) is 24.4 Å². The number of halogens is 2. The molecule has 0 aliphatic carbocycles. The van der Waals surface area contributed by atoms with Crippen LogP contribution in [0.1, 0.15) is 6.04 Å². The van der Waals surface area contributed by atoms with Gasteiger partial charge in [-0.15, -0.1) is 5.10 Å². The number of hydrogen-bond acceptors (Lipinski definition) is 3. The van der Waals surface area contributed by atoms with Gasteiger partial charge in [0.2, 0.25) is 0 Å². The summed E-state index contributed by atoms with van der Waals surface area (Å²) >= 11 is 12.1. The van der Waals surface area contributed by atoms with Crippen LogP contribution in [0.5, 0.6) is 0 Å². The number of nitrogens with zero attached hydrogens (tertiary/aromatic N) is 3. The molecule has 6 heteroatoms. The second-order valence-corrected chi connectivity index (χ2v) is 4.86. The van der Waals surface area contributed by atoms with Crippen molar-refractivity contribution < 1.29 is 0 Å². The molecule has 0 atom stereocenters. The highest BCUT2D eigenvalue weighted by molar-refractivity contribution is 6.35. The molecule has 0 spiro atoms. The van der Waals surface area contributed by atoms with Crippen LogP contribution in [0.3, 0.4) is 0 Å². The maximum Gasteiger partial charge on any atom is 0.114 e. The fourth-order valence-corrected chi connectivity index (χ4v) is 2.12. The van der Waals surface area contributed by atoms with Crippen molar-refractivity contribution in [2.24, 2.45) is 0 Å². The van der Waals surface area contributed by atoms with Gasteiger partial charge in [-0.3, -0.25) is 0 Å². The Hall–Kier alpha value is -1.10. The molecule has 88 valence electrons. The third kappa shape index (κ3) is 2.04. The van der Waals surface area contributed by atoms with Gasteiger partial charge in [-0.1, -0.05) is 28.4 Å². The zero-order valence-corrected chi connectivity index (χ0v) is 10.4. The van der Waals surface area contributed by atoms with Crippen molar-refractivity contribution in [2.45, 2.75) is 6.04 Å². The van der Waals surface area contributed by atoms with Crippen molar-refractivity contribution in [1.29, 1.82) is 0 Å². The van der Waals surface area contributed by atoms with Gasteiger partial charge in [-0.2, -0.15) is 0 Å². The Labute approximate surface area is 109 Å². The summed E-state index contributed by atoms with van der Waals surface area (Å²) in [5.41, 5.74) is 1.57. The molecule has 0 saturated carbocycles. The Kier molecular flexibility index (Phi) is 2.78. The van der Waals surface area contributed by atoms with E-state index in [1.54, 1.807) is 18.2 Å². The van der Waals surface area contributed by atoms with E-state index >= 15 is 0 Å². The first-order chi connectivity index (χ1) is 8.24. The van der Waals surface area contributed by atoms with Crippen molar-refractivity contribution in [2.75, 3.05) is 13.1 Å². The molecular formula is C11H10Cl2N4. The second-order valence-electron chi connectivity index (χ2n) is 4.02. The lowest BCUT2D eigenvalue weighted by molar-refractivity contribution is 0.313. The Morgan fingerprint density at radius 1 is 1.29 bits per heavy atom. The highest BCUT2D eigenvalue weighted by Gasteiger charge is 2.20. The molecule has 1 aliphatic heterocycles. The number of nitrogens with one attached hydrogen (secondary N) is 1. The fourth-order valence-electron chi connectivity index (χ4n) is 1.73. The molecule has 2 aromatic rings. The molecule has 4 nitrogen and oxygen atoms in total. The first-order valence-electron chi connectivity index (χ1n) is 5.32. The lowest BCUT2D eigenvalue weighted by Crippen LogP contribution is -2.43. The molecule has 17 heavy (non-hydrogen) atoms. The molecule has 1 aromatic carbocycles. The molecule has 1 aromatic heterocycles. The lowest BCUT2D eigenvalue weighted by Gasteiger charge is -2.26. The number of hydrogen-bond donors (Lipinski definition) is 1. The van der Waals surface area contributed by atoms with E-state index in [2.05, 4.69) is 15.6 Å². The summed E-state index contributed by atoms with van der Waals surface area (Å²) < 4.78 is 1.86. The van der Waals surface area contributed by atoms with Crippen LogP contribution < -0.4 is 5.32 Å². The first kappa shape index (κ1) is 11.0. The van der Waals surface area contributed by atoms with Crippen LogP contribution >= 0.6 is 23.2 Å². The maximum atomic E-state index is 6.12. The number of aromatic nitrogens is 3. The largest absolute Gasteiger partial charge is 0.312 e. The molecule has 1 saturated heterocycles. The molecule has 0 unspecified atom stereocenters.